The van der Waals surface area contributed by atoms with E-state index in [1.807, 2.05) is 24.3 Å². The molecule has 0 spiro atoms. The van der Waals surface area contributed by atoms with Crippen LogP contribution in [0.1, 0.15) is 16.3 Å². The van der Waals surface area contributed by atoms with Gasteiger partial charge in [0.2, 0.25) is 0 Å². The molecule has 122 valence electrons. The topological polar surface area (TPSA) is 61.5 Å². The van der Waals surface area contributed by atoms with Gasteiger partial charge in [0.15, 0.2) is 11.5 Å². The number of ether oxygens (including phenoxy) is 2. The Morgan fingerprint density at radius 1 is 1.21 bits per heavy atom. The molecule has 0 saturated carbocycles. The zero-order valence-corrected chi connectivity index (χ0v) is 14.4. The zero-order valence-electron chi connectivity index (χ0n) is 13.6. The van der Waals surface area contributed by atoms with Crippen molar-refractivity contribution in [2.75, 3.05) is 7.11 Å². The molecule has 0 radical (unpaired) electrons. The SMILES string of the molecule is COc1cccc(OCc2nc3c4c(C)c(C)sc4ncn3n2)c1. The van der Waals surface area contributed by atoms with Crippen LogP contribution in [-0.4, -0.2) is 26.7 Å². The minimum Gasteiger partial charge on any atom is -0.497 e. The second kappa shape index (κ2) is 5.76. The molecular formula is C17H16N4O2S. The Bertz CT molecular complexity index is 1040. The Morgan fingerprint density at radius 2 is 2.04 bits per heavy atom. The molecule has 24 heavy (non-hydrogen) atoms. The van der Waals surface area contributed by atoms with Gasteiger partial charge in [0.25, 0.3) is 0 Å². The van der Waals surface area contributed by atoms with E-state index >= 15 is 0 Å². The first kappa shape index (κ1) is 14.9. The van der Waals surface area contributed by atoms with E-state index in [4.69, 9.17) is 9.47 Å². The fourth-order valence-corrected chi connectivity index (χ4v) is 3.58. The van der Waals surface area contributed by atoms with Crippen molar-refractivity contribution in [1.29, 1.82) is 0 Å². The molecular weight excluding hydrogens is 324 g/mol. The molecule has 0 N–H and O–H groups in total. The van der Waals surface area contributed by atoms with Crippen molar-refractivity contribution in [3.8, 4) is 11.5 Å². The third-order valence-corrected chi connectivity index (χ3v) is 5.07. The van der Waals surface area contributed by atoms with Gasteiger partial charge >= 0.3 is 0 Å². The number of hydrogen-bond acceptors (Lipinski definition) is 6. The Kier molecular flexibility index (Phi) is 3.57. The summed E-state index contributed by atoms with van der Waals surface area (Å²) in [6, 6.07) is 7.47. The molecule has 0 aliphatic carbocycles. The Balaban J connectivity index is 1.66. The van der Waals surface area contributed by atoms with Crippen molar-refractivity contribution >= 4 is 27.2 Å². The number of methoxy groups -OCH3 is 1. The molecule has 4 aromatic rings. The van der Waals surface area contributed by atoms with Gasteiger partial charge < -0.3 is 9.47 Å². The molecule has 1 aromatic carbocycles. The summed E-state index contributed by atoms with van der Waals surface area (Å²) in [6.07, 6.45) is 1.70. The predicted molar refractivity (Wildman–Crippen MR) is 93.0 cm³/mol. The summed E-state index contributed by atoms with van der Waals surface area (Å²) < 4.78 is 12.7. The van der Waals surface area contributed by atoms with Crippen LogP contribution in [-0.2, 0) is 6.61 Å². The number of benzene rings is 1. The van der Waals surface area contributed by atoms with E-state index in [2.05, 4.69) is 28.9 Å². The highest BCUT2D eigenvalue weighted by molar-refractivity contribution is 7.18. The van der Waals surface area contributed by atoms with E-state index < -0.39 is 0 Å². The highest BCUT2D eigenvalue weighted by Gasteiger charge is 2.14. The zero-order chi connectivity index (χ0) is 16.7. The molecule has 0 unspecified atom stereocenters. The van der Waals surface area contributed by atoms with Crippen molar-refractivity contribution in [2.45, 2.75) is 20.5 Å². The lowest BCUT2D eigenvalue weighted by Crippen LogP contribution is -1.98. The van der Waals surface area contributed by atoms with Gasteiger partial charge in [0.1, 0.15) is 29.3 Å². The summed E-state index contributed by atoms with van der Waals surface area (Å²) in [4.78, 5) is 11.3. The average Bonchev–Trinajstić information content (AvgIpc) is 3.14. The number of thiophene rings is 1. The monoisotopic (exact) mass is 340 g/mol. The van der Waals surface area contributed by atoms with Gasteiger partial charge in [0, 0.05) is 10.9 Å². The fraction of sp³-hybridized carbons (Fsp3) is 0.235. The number of aromatic nitrogens is 4. The molecule has 0 atom stereocenters. The number of hydrogen-bond donors (Lipinski definition) is 0. The fourth-order valence-electron chi connectivity index (χ4n) is 2.59. The highest BCUT2D eigenvalue weighted by atomic mass is 32.1. The minimum atomic E-state index is 0.290. The van der Waals surface area contributed by atoms with Crippen LogP contribution in [0, 0.1) is 13.8 Å². The maximum atomic E-state index is 5.78. The summed E-state index contributed by atoms with van der Waals surface area (Å²) in [7, 11) is 1.63. The van der Waals surface area contributed by atoms with Crippen LogP contribution in [0.5, 0.6) is 11.5 Å². The van der Waals surface area contributed by atoms with Gasteiger partial charge in [-0.2, -0.15) is 0 Å². The Hall–Kier alpha value is -2.67. The number of nitrogens with zero attached hydrogens (tertiary/aromatic N) is 4. The number of aryl methyl sites for hydroxylation is 2. The smallest absolute Gasteiger partial charge is 0.189 e. The van der Waals surface area contributed by atoms with E-state index in [1.54, 1.807) is 29.3 Å². The van der Waals surface area contributed by atoms with Gasteiger partial charge in [-0.15, -0.1) is 16.4 Å². The van der Waals surface area contributed by atoms with Crippen LogP contribution in [0.25, 0.3) is 15.9 Å². The van der Waals surface area contributed by atoms with Gasteiger partial charge in [-0.25, -0.2) is 14.5 Å². The van der Waals surface area contributed by atoms with E-state index in [1.165, 1.54) is 10.4 Å². The minimum absolute atomic E-state index is 0.290. The van der Waals surface area contributed by atoms with E-state index in [9.17, 15) is 0 Å². The normalized spacial score (nSPS) is 11.3. The molecule has 4 rings (SSSR count). The maximum Gasteiger partial charge on any atom is 0.189 e. The van der Waals surface area contributed by atoms with Gasteiger partial charge in [-0.3, -0.25) is 0 Å². The van der Waals surface area contributed by atoms with Crippen molar-refractivity contribution in [3.63, 3.8) is 0 Å². The van der Waals surface area contributed by atoms with E-state index in [-0.39, 0.29) is 0 Å². The molecule has 0 aliphatic heterocycles. The first-order valence-electron chi connectivity index (χ1n) is 7.52. The van der Waals surface area contributed by atoms with Crippen LogP contribution >= 0.6 is 11.3 Å². The van der Waals surface area contributed by atoms with Crippen LogP contribution < -0.4 is 9.47 Å². The molecule has 0 saturated heterocycles. The van der Waals surface area contributed by atoms with Crippen LogP contribution in [0.2, 0.25) is 0 Å². The molecule has 3 aromatic heterocycles. The van der Waals surface area contributed by atoms with Crippen LogP contribution in [0.3, 0.4) is 0 Å². The number of rotatable bonds is 4. The van der Waals surface area contributed by atoms with Gasteiger partial charge in [0.05, 0.1) is 12.5 Å². The Morgan fingerprint density at radius 3 is 2.88 bits per heavy atom. The summed E-state index contributed by atoms with van der Waals surface area (Å²) in [5.74, 6) is 2.10. The molecule has 0 amide bonds. The highest BCUT2D eigenvalue weighted by Crippen LogP contribution is 2.30. The van der Waals surface area contributed by atoms with Crippen molar-refractivity contribution in [1.82, 2.24) is 19.6 Å². The molecule has 0 aliphatic rings. The molecule has 0 bridgehead atoms. The standard InChI is InChI=1S/C17H16N4O2S/c1-10-11(2)24-17-15(10)16-19-14(20-21(16)9-18-17)8-23-13-6-4-5-12(7-13)22-3/h4-7,9H,8H2,1-3H3. The first-order valence-corrected chi connectivity index (χ1v) is 8.34. The van der Waals surface area contributed by atoms with Crippen molar-refractivity contribution < 1.29 is 9.47 Å². The lowest BCUT2D eigenvalue weighted by molar-refractivity contribution is 0.294. The summed E-state index contributed by atoms with van der Waals surface area (Å²) in [5, 5.41) is 5.53. The average molecular weight is 340 g/mol. The summed E-state index contributed by atoms with van der Waals surface area (Å²) in [6.45, 7) is 4.48. The van der Waals surface area contributed by atoms with Gasteiger partial charge in [-0.1, -0.05) is 6.07 Å². The second-order valence-electron chi connectivity index (χ2n) is 5.47. The lowest BCUT2D eigenvalue weighted by Gasteiger charge is -2.05. The lowest BCUT2D eigenvalue weighted by atomic mass is 10.2. The quantitative estimate of drug-likeness (QED) is 0.568. The third kappa shape index (κ3) is 2.46. The summed E-state index contributed by atoms with van der Waals surface area (Å²) >= 11 is 1.68. The van der Waals surface area contributed by atoms with Crippen molar-refractivity contribution in [2.24, 2.45) is 0 Å². The van der Waals surface area contributed by atoms with Crippen LogP contribution in [0.4, 0.5) is 0 Å². The van der Waals surface area contributed by atoms with E-state index in [0.717, 1.165) is 27.4 Å². The summed E-state index contributed by atoms with van der Waals surface area (Å²) in [5.41, 5.74) is 2.03. The third-order valence-electron chi connectivity index (χ3n) is 3.96. The maximum absolute atomic E-state index is 5.78. The second-order valence-corrected chi connectivity index (χ2v) is 6.68. The molecule has 7 heteroatoms. The first-order chi connectivity index (χ1) is 11.7. The predicted octanol–water partition coefficient (Wildman–Crippen LogP) is 3.54. The van der Waals surface area contributed by atoms with E-state index in [0.29, 0.717) is 12.4 Å². The van der Waals surface area contributed by atoms with Gasteiger partial charge in [-0.05, 0) is 31.5 Å². The van der Waals surface area contributed by atoms with Crippen LogP contribution in [0.15, 0.2) is 30.6 Å². The Labute approximate surface area is 142 Å². The molecule has 6 nitrogen and oxygen atoms in total. The molecule has 3 heterocycles. The van der Waals surface area contributed by atoms with Crippen molar-refractivity contribution in [3.05, 3.63) is 46.9 Å². The largest absolute Gasteiger partial charge is 0.497 e. The molecule has 0 fully saturated rings. The number of fused-ring (bicyclic) bond motifs is 3.